The molecule has 0 aromatic heterocycles. The number of anilines is 2. The molecule has 0 heterocycles. The zero-order chi connectivity index (χ0) is 18.2. The first kappa shape index (κ1) is 18.4. The Morgan fingerprint density at radius 2 is 2.08 bits per heavy atom. The summed E-state index contributed by atoms with van der Waals surface area (Å²) in [6, 6.07) is 14.3. The predicted molar refractivity (Wildman–Crippen MR) is 99.7 cm³/mol. The number of para-hydroxylation sites is 2. The fourth-order valence-electron chi connectivity index (χ4n) is 2.03. The molecule has 0 fully saturated rings. The van der Waals surface area contributed by atoms with Crippen LogP contribution < -0.4 is 15.4 Å². The standard InChI is InChI=1S/C19H18ClN3O2/c1-3-25-18-7-5-4-6-17(18)22-12-14(11-21)19(24)23-15-9-8-13(2)16(20)10-15/h4-10,12,22H,3H2,1-2H3,(H,23,24)/b14-12-. The molecular formula is C19H18ClN3O2. The van der Waals surface area contributed by atoms with Crippen molar-refractivity contribution in [2.24, 2.45) is 0 Å². The number of carbonyl (C=O) groups excluding carboxylic acids is 1. The summed E-state index contributed by atoms with van der Waals surface area (Å²) in [5.41, 5.74) is 2.03. The maximum Gasteiger partial charge on any atom is 0.267 e. The topological polar surface area (TPSA) is 74.1 Å². The van der Waals surface area contributed by atoms with E-state index in [1.54, 1.807) is 30.3 Å². The molecule has 1 amide bonds. The zero-order valence-electron chi connectivity index (χ0n) is 14.0. The summed E-state index contributed by atoms with van der Waals surface area (Å²) in [5.74, 6) is 0.119. The van der Waals surface area contributed by atoms with Crippen LogP contribution in [0.5, 0.6) is 5.75 Å². The lowest BCUT2D eigenvalue weighted by Crippen LogP contribution is -2.14. The Labute approximate surface area is 151 Å². The van der Waals surface area contributed by atoms with Gasteiger partial charge in [-0.2, -0.15) is 5.26 Å². The smallest absolute Gasteiger partial charge is 0.267 e. The molecule has 2 N–H and O–H groups in total. The average molecular weight is 356 g/mol. The molecule has 0 saturated carbocycles. The maximum atomic E-state index is 12.3. The maximum absolute atomic E-state index is 12.3. The second-order valence-electron chi connectivity index (χ2n) is 5.16. The van der Waals surface area contributed by atoms with Crippen molar-refractivity contribution in [3.05, 3.63) is 64.8 Å². The third-order valence-corrected chi connectivity index (χ3v) is 3.76. The monoisotopic (exact) mass is 355 g/mol. The first-order chi connectivity index (χ1) is 12.0. The largest absolute Gasteiger partial charge is 0.492 e. The van der Waals surface area contributed by atoms with Gasteiger partial charge in [0.1, 0.15) is 17.4 Å². The van der Waals surface area contributed by atoms with Gasteiger partial charge >= 0.3 is 0 Å². The van der Waals surface area contributed by atoms with Crippen molar-refractivity contribution in [3.8, 4) is 11.8 Å². The van der Waals surface area contributed by atoms with Crippen LogP contribution >= 0.6 is 11.6 Å². The number of carbonyl (C=O) groups is 1. The van der Waals surface area contributed by atoms with Crippen molar-refractivity contribution in [1.29, 1.82) is 5.26 Å². The number of nitriles is 1. The van der Waals surface area contributed by atoms with Crippen LogP contribution in [0.2, 0.25) is 5.02 Å². The van der Waals surface area contributed by atoms with Crippen LogP contribution in [0.15, 0.2) is 54.2 Å². The number of nitrogens with zero attached hydrogens (tertiary/aromatic N) is 1. The lowest BCUT2D eigenvalue weighted by Gasteiger charge is -2.10. The van der Waals surface area contributed by atoms with E-state index in [1.165, 1.54) is 6.20 Å². The summed E-state index contributed by atoms with van der Waals surface area (Å²) in [6.45, 7) is 4.27. The quantitative estimate of drug-likeness (QED) is 0.590. The molecule has 2 aromatic rings. The third-order valence-electron chi connectivity index (χ3n) is 3.35. The molecule has 0 aliphatic heterocycles. The highest BCUT2D eigenvalue weighted by Gasteiger charge is 2.10. The van der Waals surface area contributed by atoms with Gasteiger partial charge in [-0.15, -0.1) is 0 Å². The Kier molecular flexibility index (Phi) is 6.44. The van der Waals surface area contributed by atoms with Crippen molar-refractivity contribution >= 4 is 28.9 Å². The Bertz CT molecular complexity index is 841. The third kappa shape index (κ3) is 5.00. The molecule has 0 unspecified atom stereocenters. The van der Waals surface area contributed by atoms with Crippen molar-refractivity contribution in [3.63, 3.8) is 0 Å². The summed E-state index contributed by atoms with van der Waals surface area (Å²) >= 11 is 6.04. The van der Waals surface area contributed by atoms with Crippen LogP contribution in [-0.4, -0.2) is 12.5 Å². The molecule has 5 nitrogen and oxygen atoms in total. The number of amides is 1. The van der Waals surface area contributed by atoms with Crippen molar-refractivity contribution in [2.45, 2.75) is 13.8 Å². The van der Waals surface area contributed by atoms with Gasteiger partial charge in [-0.05, 0) is 43.7 Å². The first-order valence-electron chi connectivity index (χ1n) is 7.71. The van der Waals surface area contributed by atoms with Gasteiger partial charge in [-0.3, -0.25) is 4.79 Å². The minimum Gasteiger partial charge on any atom is -0.492 e. The van der Waals surface area contributed by atoms with Crippen LogP contribution in [-0.2, 0) is 4.79 Å². The molecular weight excluding hydrogens is 338 g/mol. The van der Waals surface area contributed by atoms with Gasteiger partial charge in [0.05, 0.1) is 12.3 Å². The first-order valence-corrected chi connectivity index (χ1v) is 8.09. The lowest BCUT2D eigenvalue weighted by molar-refractivity contribution is -0.112. The molecule has 2 rings (SSSR count). The molecule has 0 spiro atoms. The molecule has 0 radical (unpaired) electrons. The number of rotatable bonds is 6. The van der Waals surface area contributed by atoms with Crippen LogP contribution in [0.3, 0.4) is 0 Å². The van der Waals surface area contributed by atoms with Gasteiger partial charge in [0, 0.05) is 16.9 Å². The Balaban J connectivity index is 2.13. The van der Waals surface area contributed by atoms with Crippen LogP contribution in [0.4, 0.5) is 11.4 Å². The van der Waals surface area contributed by atoms with E-state index in [-0.39, 0.29) is 5.57 Å². The van der Waals surface area contributed by atoms with Crippen molar-refractivity contribution < 1.29 is 9.53 Å². The van der Waals surface area contributed by atoms with E-state index in [0.29, 0.717) is 28.8 Å². The SMILES string of the molecule is CCOc1ccccc1N/C=C(/C#N)C(=O)Nc1ccc(C)c(Cl)c1. The summed E-state index contributed by atoms with van der Waals surface area (Å²) in [6.07, 6.45) is 1.35. The molecule has 25 heavy (non-hydrogen) atoms. The van der Waals surface area contributed by atoms with Gasteiger partial charge < -0.3 is 15.4 Å². The van der Waals surface area contributed by atoms with Gasteiger partial charge in [0.15, 0.2) is 0 Å². The summed E-state index contributed by atoms with van der Waals surface area (Å²) in [4.78, 5) is 12.3. The van der Waals surface area contributed by atoms with E-state index in [9.17, 15) is 10.1 Å². The fraction of sp³-hybridized carbons (Fsp3) is 0.158. The predicted octanol–water partition coefficient (Wildman–Crippen LogP) is 4.51. The summed E-state index contributed by atoms with van der Waals surface area (Å²) < 4.78 is 5.49. The van der Waals surface area contributed by atoms with Gasteiger partial charge in [0.25, 0.3) is 5.91 Å². The van der Waals surface area contributed by atoms with E-state index in [2.05, 4.69) is 10.6 Å². The minimum atomic E-state index is -0.524. The number of nitrogens with one attached hydrogen (secondary N) is 2. The molecule has 6 heteroatoms. The van der Waals surface area contributed by atoms with E-state index in [4.69, 9.17) is 16.3 Å². The number of ether oxygens (including phenoxy) is 1. The van der Waals surface area contributed by atoms with Crippen LogP contribution in [0.25, 0.3) is 0 Å². The highest BCUT2D eigenvalue weighted by atomic mass is 35.5. The van der Waals surface area contributed by atoms with Gasteiger partial charge in [-0.1, -0.05) is 29.8 Å². The fourth-order valence-corrected chi connectivity index (χ4v) is 2.22. The van der Waals surface area contributed by atoms with Gasteiger partial charge in [0.2, 0.25) is 0 Å². The normalized spacial score (nSPS) is 10.7. The van der Waals surface area contributed by atoms with Crippen LogP contribution in [0.1, 0.15) is 12.5 Å². The lowest BCUT2D eigenvalue weighted by atomic mass is 10.2. The van der Waals surface area contributed by atoms with Gasteiger partial charge in [-0.25, -0.2) is 0 Å². The number of hydrogen-bond acceptors (Lipinski definition) is 4. The number of aryl methyl sites for hydroxylation is 1. The van der Waals surface area contributed by atoms with Crippen molar-refractivity contribution in [2.75, 3.05) is 17.2 Å². The van der Waals surface area contributed by atoms with Crippen molar-refractivity contribution in [1.82, 2.24) is 0 Å². The zero-order valence-corrected chi connectivity index (χ0v) is 14.7. The molecule has 0 aliphatic rings. The summed E-state index contributed by atoms with van der Waals surface area (Å²) in [7, 11) is 0. The average Bonchev–Trinajstić information content (AvgIpc) is 2.60. The molecule has 0 saturated heterocycles. The summed E-state index contributed by atoms with van der Waals surface area (Å²) in [5, 5.41) is 15.4. The second kappa shape index (κ2) is 8.76. The Morgan fingerprint density at radius 3 is 2.76 bits per heavy atom. The van der Waals surface area contributed by atoms with E-state index >= 15 is 0 Å². The van der Waals surface area contributed by atoms with E-state index in [0.717, 1.165) is 5.56 Å². The number of halogens is 1. The number of hydrogen-bond donors (Lipinski definition) is 2. The minimum absolute atomic E-state index is 0.0667. The molecule has 0 aliphatic carbocycles. The molecule has 128 valence electrons. The highest BCUT2D eigenvalue weighted by molar-refractivity contribution is 6.31. The molecule has 2 aromatic carbocycles. The highest BCUT2D eigenvalue weighted by Crippen LogP contribution is 2.24. The molecule has 0 atom stereocenters. The Morgan fingerprint density at radius 1 is 1.32 bits per heavy atom. The molecule has 0 bridgehead atoms. The Hall–Kier alpha value is -2.97. The van der Waals surface area contributed by atoms with E-state index < -0.39 is 5.91 Å². The van der Waals surface area contributed by atoms with Crippen LogP contribution in [0, 0.1) is 18.3 Å². The second-order valence-corrected chi connectivity index (χ2v) is 5.57. The number of benzene rings is 2. The van der Waals surface area contributed by atoms with E-state index in [1.807, 2.05) is 32.0 Å².